The Balaban J connectivity index is 1.55. The number of aromatic nitrogens is 3. The smallest absolute Gasteiger partial charge is 0.233 e. The lowest BCUT2D eigenvalue weighted by Gasteiger charge is -2.07. The third-order valence-electron chi connectivity index (χ3n) is 4.54. The highest BCUT2D eigenvalue weighted by Gasteiger charge is 2.13. The molecule has 0 N–H and O–H groups in total. The van der Waals surface area contributed by atoms with E-state index >= 15 is 0 Å². The van der Waals surface area contributed by atoms with Gasteiger partial charge in [0.25, 0.3) is 0 Å². The molecule has 0 aliphatic heterocycles. The van der Waals surface area contributed by atoms with Crippen LogP contribution in [0.1, 0.15) is 27.6 Å². The quantitative estimate of drug-likeness (QED) is 0.383. The highest BCUT2D eigenvalue weighted by Crippen LogP contribution is 2.28. The van der Waals surface area contributed by atoms with Crippen molar-refractivity contribution in [2.75, 3.05) is 0 Å². The topological polar surface area (TPSA) is 51.8 Å². The molecule has 0 aliphatic carbocycles. The lowest BCUT2D eigenvalue weighted by molar-refractivity contribution is 0.385. The van der Waals surface area contributed by atoms with Crippen LogP contribution in [0.2, 0.25) is 0 Å². The van der Waals surface area contributed by atoms with Crippen LogP contribution in [0.5, 0.6) is 0 Å². The van der Waals surface area contributed by atoms with Gasteiger partial charge in [0, 0.05) is 21.0 Å². The molecule has 0 atom stereocenters. The fraction of sp³-hybridized carbons (Fsp3) is 0.190. The summed E-state index contributed by atoms with van der Waals surface area (Å²) in [5, 5.41) is 7.15. The zero-order valence-electron chi connectivity index (χ0n) is 15.3. The van der Waals surface area contributed by atoms with Crippen molar-refractivity contribution in [2.45, 2.75) is 27.2 Å². The van der Waals surface area contributed by atoms with Crippen LogP contribution in [0.15, 0.2) is 50.8 Å². The van der Waals surface area contributed by atoms with Crippen LogP contribution in [-0.4, -0.2) is 15.1 Å². The van der Waals surface area contributed by atoms with Crippen molar-refractivity contribution < 1.29 is 4.52 Å². The number of aryl methyl sites for hydroxylation is 3. The van der Waals surface area contributed by atoms with Gasteiger partial charge in [-0.2, -0.15) is 4.98 Å². The zero-order chi connectivity index (χ0) is 19.0. The van der Waals surface area contributed by atoms with Crippen LogP contribution in [0.4, 0.5) is 0 Å². The van der Waals surface area contributed by atoms with Gasteiger partial charge in [-0.05, 0) is 67.8 Å². The Labute approximate surface area is 170 Å². The van der Waals surface area contributed by atoms with E-state index in [9.17, 15) is 0 Å². The van der Waals surface area contributed by atoms with Gasteiger partial charge in [-0.1, -0.05) is 27.2 Å². The van der Waals surface area contributed by atoms with Gasteiger partial charge < -0.3 is 4.52 Å². The molecule has 0 fully saturated rings. The van der Waals surface area contributed by atoms with Crippen LogP contribution in [0.25, 0.3) is 22.6 Å². The number of hydrogen-bond donors (Lipinski definition) is 0. The Bertz CT molecular complexity index is 1100. The summed E-state index contributed by atoms with van der Waals surface area (Å²) in [7, 11) is 0. The summed E-state index contributed by atoms with van der Waals surface area (Å²) in [6.07, 6.45) is 0.540. The van der Waals surface area contributed by atoms with Crippen LogP contribution in [-0.2, 0) is 6.42 Å². The summed E-state index contributed by atoms with van der Waals surface area (Å²) >= 11 is 5.05. The molecule has 0 unspecified atom stereocenters. The SMILES string of the molecule is Cc1cc(C)c(-c2csc(Cc3nc(-c4ccc(Br)cc4)no3)n2)cc1C. The van der Waals surface area contributed by atoms with Gasteiger partial charge in [0.05, 0.1) is 12.1 Å². The molecule has 0 radical (unpaired) electrons. The molecule has 0 amide bonds. The largest absolute Gasteiger partial charge is 0.339 e. The molecule has 0 saturated carbocycles. The van der Waals surface area contributed by atoms with Crippen molar-refractivity contribution in [3.05, 3.63) is 73.8 Å². The van der Waals surface area contributed by atoms with Gasteiger partial charge in [0.2, 0.25) is 11.7 Å². The van der Waals surface area contributed by atoms with Crippen LogP contribution in [0.3, 0.4) is 0 Å². The number of rotatable bonds is 4. The number of nitrogens with zero attached hydrogens (tertiary/aromatic N) is 3. The predicted molar refractivity (Wildman–Crippen MR) is 112 cm³/mol. The number of hydrogen-bond acceptors (Lipinski definition) is 5. The Morgan fingerprint density at radius 2 is 1.70 bits per heavy atom. The first-order chi connectivity index (χ1) is 13.0. The molecule has 4 rings (SSSR count). The van der Waals surface area contributed by atoms with E-state index in [1.165, 1.54) is 22.3 Å². The average molecular weight is 440 g/mol. The van der Waals surface area contributed by atoms with Crippen molar-refractivity contribution >= 4 is 27.3 Å². The van der Waals surface area contributed by atoms with Gasteiger partial charge in [0.15, 0.2) is 0 Å². The van der Waals surface area contributed by atoms with E-state index < -0.39 is 0 Å². The molecule has 6 heteroatoms. The van der Waals surface area contributed by atoms with Gasteiger partial charge in [-0.3, -0.25) is 0 Å². The molecule has 0 aliphatic rings. The normalized spacial score (nSPS) is 11.1. The molecule has 27 heavy (non-hydrogen) atoms. The van der Waals surface area contributed by atoms with Crippen LogP contribution >= 0.6 is 27.3 Å². The van der Waals surface area contributed by atoms with E-state index in [-0.39, 0.29) is 0 Å². The molecule has 0 saturated heterocycles. The highest BCUT2D eigenvalue weighted by molar-refractivity contribution is 9.10. The van der Waals surface area contributed by atoms with Crippen LogP contribution < -0.4 is 0 Å². The van der Waals surface area contributed by atoms with Crippen LogP contribution in [0, 0.1) is 20.8 Å². The maximum absolute atomic E-state index is 5.42. The number of benzene rings is 2. The summed E-state index contributed by atoms with van der Waals surface area (Å²) < 4.78 is 6.44. The van der Waals surface area contributed by atoms with Crippen molar-refractivity contribution in [3.8, 4) is 22.6 Å². The fourth-order valence-electron chi connectivity index (χ4n) is 2.92. The van der Waals surface area contributed by atoms with E-state index in [1.807, 2.05) is 24.3 Å². The molecule has 2 heterocycles. The molecule has 2 aromatic carbocycles. The molecular formula is C21H18BrN3OS. The van der Waals surface area contributed by atoms with Gasteiger partial charge in [-0.15, -0.1) is 11.3 Å². The average Bonchev–Trinajstić information content (AvgIpc) is 3.29. The Morgan fingerprint density at radius 1 is 0.963 bits per heavy atom. The summed E-state index contributed by atoms with van der Waals surface area (Å²) in [6.45, 7) is 6.40. The molecule has 4 aromatic rings. The number of thiazole rings is 1. The molecule has 0 bridgehead atoms. The van der Waals surface area contributed by atoms with Crippen molar-refractivity contribution in [1.82, 2.24) is 15.1 Å². The Hall–Kier alpha value is -2.31. The number of halogens is 1. The van der Waals surface area contributed by atoms with Crippen molar-refractivity contribution in [1.29, 1.82) is 0 Å². The fourth-order valence-corrected chi connectivity index (χ4v) is 3.97. The summed E-state index contributed by atoms with van der Waals surface area (Å²) in [5.74, 6) is 1.17. The Morgan fingerprint density at radius 3 is 2.48 bits per heavy atom. The minimum absolute atomic E-state index is 0.540. The lowest BCUT2D eigenvalue weighted by Crippen LogP contribution is -1.91. The molecular weight excluding hydrogens is 422 g/mol. The summed E-state index contributed by atoms with van der Waals surface area (Å²) in [5.41, 5.74) is 6.94. The molecule has 4 nitrogen and oxygen atoms in total. The molecule has 136 valence electrons. The summed E-state index contributed by atoms with van der Waals surface area (Å²) in [4.78, 5) is 9.29. The van der Waals surface area contributed by atoms with E-state index in [0.717, 1.165) is 20.7 Å². The third kappa shape index (κ3) is 3.87. The maximum atomic E-state index is 5.42. The van der Waals surface area contributed by atoms with Gasteiger partial charge >= 0.3 is 0 Å². The zero-order valence-corrected chi connectivity index (χ0v) is 17.7. The Kier molecular flexibility index (Phi) is 4.93. The standard InChI is InChI=1S/C21H18BrN3OS/c1-12-8-14(3)17(9-13(12)2)18-11-27-20(23-18)10-19-24-21(25-26-19)15-4-6-16(22)7-5-15/h4-9,11H,10H2,1-3H3. The second-order valence-corrected chi connectivity index (χ2v) is 8.43. The van der Waals surface area contributed by atoms with E-state index in [0.29, 0.717) is 18.1 Å². The monoisotopic (exact) mass is 439 g/mol. The summed E-state index contributed by atoms with van der Waals surface area (Å²) in [6, 6.07) is 12.3. The first-order valence-electron chi connectivity index (χ1n) is 8.61. The van der Waals surface area contributed by atoms with Crippen molar-refractivity contribution in [3.63, 3.8) is 0 Å². The van der Waals surface area contributed by atoms with E-state index in [1.54, 1.807) is 11.3 Å². The third-order valence-corrected chi connectivity index (χ3v) is 5.92. The predicted octanol–water partition coefficient (Wildman–Crippen LogP) is 6.14. The van der Waals surface area contributed by atoms with Gasteiger partial charge in [-0.25, -0.2) is 4.98 Å². The first kappa shape index (κ1) is 18.1. The maximum Gasteiger partial charge on any atom is 0.233 e. The lowest BCUT2D eigenvalue weighted by atomic mass is 9.99. The van der Waals surface area contributed by atoms with Gasteiger partial charge in [0.1, 0.15) is 5.01 Å². The first-order valence-corrected chi connectivity index (χ1v) is 10.3. The second kappa shape index (κ2) is 7.37. The van der Waals surface area contributed by atoms with E-state index in [2.05, 4.69) is 64.4 Å². The highest BCUT2D eigenvalue weighted by atomic mass is 79.9. The van der Waals surface area contributed by atoms with E-state index in [4.69, 9.17) is 9.51 Å². The second-order valence-electron chi connectivity index (χ2n) is 6.57. The minimum atomic E-state index is 0.540. The molecule has 0 spiro atoms. The van der Waals surface area contributed by atoms with Crippen molar-refractivity contribution in [2.24, 2.45) is 0 Å². The molecule has 2 aromatic heterocycles. The minimum Gasteiger partial charge on any atom is -0.339 e.